The van der Waals surface area contributed by atoms with E-state index in [1.807, 2.05) is 13.8 Å². The maximum atomic E-state index is 14.0. The van der Waals surface area contributed by atoms with Crippen LogP contribution in [-0.2, 0) is 60.3 Å². The molecule has 1 unspecified atom stereocenters. The van der Waals surface area contributed by atoms with E-state index in [0.29, 0.717) is 44.8 Å². The van der Waals surface area contributed by atoms with Gasteiger partial charge in [0.05, 0.1) is 45.3 Å². The maximum absolute atomic E-state index is 14.0. The molecule has 1 saturated heterocycles. The molecule has 0 aromatic carbocycles. The molecule has 2 heterocycles. The van der Waals surface area contributed by atoms with Gasteiger partial charge in [0.2, 0.25) is 35.4 Å². The van der Waals surface area contributed by atoms with E-state index in [2.05, 4.69) is 37.4 Å². The molecule has 328 valence electrons. The second kappa shape index (κ2) is 25.3. The number of allylic oxidation sites excluding steroid dienone is 1. The number of phosphoric acid groups is 1. The summed E-state index contributed by atoms with van der Waals surface area (Å²) in [6, 6.07) is -6.90. The normalized spacial score (nSPS) is 16.8. The highest BCUT2D eigenvalue weighted by molar-refractivity contribution is 7.46. The number of primary amides is 1. The van der Waals surface area contributed by atoms with Crippen LogP contribution in [0.2, 0.25) is 0 Å². The van der Waals surface area contributed by atoms with Crippen molar-refractivity contribution in [3.63, 3.8) is 0 Å². The molecule has 9 N–H and O–H groups in total. The fourth-order valence-electron chi connectivity index (χ4n) is 6.25. The van der Waals surface area contributed by atoms with Crippen LogP contribution in [0.1, 0.15) is 71.4 Å². The third kappa shape index (κ3) is 17.3. The first-order valence-corrected chi connectivity index (χ1v) is 20.8. The van der Waals surface area contributed by atoms with E-state index < -0.39 is 80.3 Å². The number of imidazole rings is 1. The van der Waals surface area contributed by atoms with Crippen molar-refractivity contribution in [3.05, 3.63) is 30.9 Å². The van der Waals surface area contributed by atoms with Crippen molar-refractivity contribution in [2.75, 3.05) is 40.1 Å². The number of carbonyl (C=O) groups is 6. The lowest BCUT2D eigenvalue weighted by Gasteiger charge is -2.29. The summed E-state index contributed by atoms with van der Waals surface area (Å²) in [4.78, 5) is 104. The lowest BCUT2D eigenvalue weighted by Crippen LogP contribution is -2.61. The minimum absolute atomic E-state index is 0.0568. The van der Waals surface area contributed by atoms with E-state index in [4.69, 9.17) is 25.0 Å². The molecule has 0 saturated carbocycles. The average Bonchev–Trinajstić information content (AvgIpc) is 3.82. The summed E-state index contributed by atoms with van der Waals surface area (Å²) in [7, 11) is -3.58. The van der Waals surface area contributed by atoms with Crippen LogP contribution < -0.4 is 27.0 Å². The number of carbonyl (C=O) groups excluding carboxylic acids is 6. The zero-order valence-corrected chi connectivity index (χ0v) is 34.6. The second-order valence-corrected chi connectivity index (χ2v) is 15.5. The van der Waals surface area contributed by atoms with Crippen LogP contribution in [0.15, 0.2) is 25.2 Å². The number of aryl methyl sites for hydroxylation is 1. The highest BCUT2D eigenvalue weighted by Crippen LogP contribution is 2.38. The van der Waals surface area contributed by atoms with Gasteiger partial charge in [-0.25, -0.2) is 9.55 Å². The van der Waals surface area contributed by atoms with Crippen LogP contribution in [-0.4, -0.2) is 141 Å². The van der Waals surface area contributed by atoms with E-state index in [1.54, 1.807) is 17.0 Å². The van der Waals surface area contributed by atoms with Crippen molar-refractivity contribution >= 4 is 43.3 Å². The number of hydrogen-bond donors (Lipinski definition) is 8. The first kappa shape index (κ1) is 49.9. The first-order chi connectivity index (χ1) is 27.4. The molecule has 1 fully saturated rings. The Kier molecular flexibility index (Phi) is 21.8. The van der Waals surface area contributed by atoms with Gasteiger partial charge in [-0.05, 0) is 51.4 Å². The van der Waals surface area contributed by atoms with E-state index >= 15 is 0 Å². The smallest absolute Gasteiger partial charge is 0.394 e. The molecule has 1 aliphatic heterocycles. The predicted molar refractivity (Wildman–Crippen MR) is 208 cm³/mol. The monoisotopic (exact) mass is 844 g/mol. The van der Waals surface area contributed by atoms with E-state index in [1.165, 1.54) is 18.2 Å². The second-order valence-electron chi connectivity index (χ2n) is 14.4. The van der Waals surface area contributed by atoms with Gasteiger partial charge in [0.15, 0.2) is 0 Å². The van der Waals surface area contributed by atoms with Gasteiger partial charge in [0.1, 0.15) is 30.2 Å². The summed E-state index contributed by atoms with van der Waals surface area (Å²) in [6.07, 6.45) is 6.67. The highest BCUT2D eigenvalue weighted by Gasteiger charge is 2.38. The van der Waals surface area contributed by atoms with Crippen molar-refractivity contribution in [2.24, 2.45) is 11.7 Å². The van der Waals surface area contributed by atoms with Gasteiger partial charge in [0, 0.05) is 38.5 Å². The van der Waals surface area contributed by atoms with Crippen LogP contribution in [0, 0.1) is 5.92 Å². The third-order valence-electron chi connectivity index (χ3n) is 9.20. The first-order valence-electron chi connectivity index (χ1n) is 19.2. The van der Waals surface area contributed by atoms with E-state index in [0.717, 1.165) is 26.2 Å². The third-order valence-corrected chi connectivity index (χ3v) is 9.81. The molecule has 6 amide bonds. The van der Waals surface area contributed by atoms with Crippen molar-refractivity contribution in [1.29, 1.82) is 0 Å². The molecule has 58 heavy (non-hydrogen) atoms. The van der Waals surface area contributed by atoms with E-state index in [9.17, 15) is 38.4 Å². The largest absolute Gasteiger partial charge is 0.469 e. The van der Waals surface area contributed by atoms with Gasteiger partial charge >= 0.3 is 7.82 Å². The summed E-state index contributed by atoms with van der Waals surface area (Å²) >= 11 is 0. The predicted octanol–water partition coefficient (Wildman–Crippen LogP) is -1.21. The molecule has 0 spiro atoms. The van der Waals surface area contributed by atoms with Crippen molar-refractivity contribution in [2.45, 2.75) is 115 Å². The molecule has 0 bridgehead atoms. The Bertz CT molecular complexity index is 1570. The van der Waals surface area contributed by atoms with Gasteiger partial charge in [-0.1, -0.05) is 19.9 Å². The number of hydrogen-bond acceptors (Lipinski definition) is 12. The van der Waals surface area contributed by atoms with Crippen LogP contribution in [0.3, 0.4) is 0 Å². The number of nitrogens with one attached hydrogen (secondary N) is 4. The zero-order valence-electron chi connectivity index (χ0n) is 33.7. The quantitative estimate of drug-likeness (QED) is 0.0279. The van der Waals surface area contributed by atoms with Crippen LogP contribution in [0.5, 0.6) is 0 Å². The number of ether oxygens (including phenoxy) is 2. The Balaban J connectivity index is 2.33. The standard InChI is InChI=1S/C36H61N8O13P/c1-6-7-8-9-13-43-22-38-20-25(43)19-27(34(49)41-28(21-45)35(50)42-31(32(37)47)24(4)57-58(52,53)54)39-33(48)26(18-23(2)3)40-36(51)29-11-10-14-44(29)30(46)12-15-56-17-16-55-5/h6,20,22-24,26-29,31,45H,1,7-19,21H2,2-5H3,(H2,37,47)(H,39,48)(H,40,51)(H,41,49)(H,42,50)(H2,52,53,54)/t24?,26-,27-,28-,29-,31-/m0/s1. The number of amides is 6. The Morgan fingerprint density at radius 1 is 1.00 bits per heavy atom. The summed E-state index contributed by atoms with van der Waals surface area (Å²) < 4.78 is 28.0. The maximum Gasteiger partial charge on any atom is 0.469 e. The zero-order chi connectivity index (χ0) is 43.4. The molecule has 1 aliphatic rings. The van der Waals surface area contributed by atoms with Gasteiger partial charge in [-0.2, -0.15) is 0 Å². The number of likely N-dealkylation sites (tertiary alicyclic amines) is 1. The number of aliphatic hydroxyl groups excluding tert-OH is 1. The minimum atomic E-state index is -5.11. The Hall–Kier alpha value is -4.24. The van der Waals surface area contributed by atoms with Crippen molar-refractivity contribution < 1.29 is 62.2 Å². The molecule has 6 atom stereocenters. The summed E-state index contributed by atoms with van der Waals surface area (Å²) in [5.41, 5.74) is 5.87. The van der Waals surface area contributed by atoms with Crippen molar-refractivity contribution in [3.8, 4) is 0 Å². The molecule has 2 rings (SSSR count). The number of aromatic nitrogens is 2. The van der Waals surface area contributed by atoms with Crippen LogP contribution in [0.25, 0.3) is 0 Å². The molecular formula is C36H61N8O13P. The number of nitrogens with zero attached hydrogens (tertiary/aromatic N) is 3. The molecular weight excluding hydrogens is 783 g/mol. The Morgan fingerprint density at radius 3 is 2.29 bits per heavy atom. The van der Waals surface area contributed by atoms with Gasteiger partial charge in [-0.15, -0.1) is 6.58 Å². The number of nitrogens with two attached hydrogens (primary N) is 1. The topological polar surface area (TPSA) is 303 Å². The van der Waals surface area contributed by atoms with Crippen LogP contribution in [0.4, 0.5) is 0 Å². The summed E-state index contributed by atoms with van der Waals surface area (Å²) in [6.45, 7) is 9.20. The number of aliphatic hydroxyl groups is 1. The number of methoxy groups -OCH3 is 1. The fourth-order valence-corrected chi connectivity index (χ4v) is 6.81. The number of rotatable bonds is 28. The lowest BCUT2D eigenvalue weighted by atomic mass is 10.0. The number of phosphoric ester groups is 1. The summed E-state index contributed by atoms with van der Waals surface area (Å²) in [5.74, 6) is -4.96. The average molecular weight is 845 g/mol. The fraction of sp³-hybridized carbons (Fsp3) is 0.694. The van der Waals surface area contributed by atoms with Crippen LogP contribution >= 0.6 is 7.82 Å². The number of unbranched alkanes of at least 4 members (excludes halogenated alkanes) is 2. The molecule has 1 aromatic heterocycles. The summed E-state index contributed by atoms with van der Waals surface area (Å²) in [5, 5.41) is 20.1. The van der Waals surface area contributed by atoms with Gasteiger partial charge in [-0.3, -0.25) is 33.3 Å². The molecule has 0 radical (unpaired) electrons. The highest BCUT2D eigenvalue weighted by atomic mass is 31.2. The van der Waals surface area contributed by atoms with Crippen molar-refractivity contribution in [1.82, 2.24) is 35.7 Å². The van der Waals surface area contributed by atoms with E-state index in [-0.39, 0.29) is 37.7 Å². The molecule has 21 nitrogen and oxygen atoms in total. The molecule has 1 aromatic rings. The molecule has 0 aliphatic carbocycles. The Labute approximate surface area is 338 Å². The molecule has 22 heteroatoms. The van der Waals surface area contributed by atoms with Gasteiger partial charge in [0.25, 0.3) is 0 Å². The Morgan fingerprint density at radius 2 is 1.67 bits per heavy atom. The van der Waals surface area contributed by atoms with Gasteiger partial charge < -0.3 is 60.8 Å². The SMILES string of the molecule is C=CCCCCn1cncc1C[C@H](NC(=O)[C@H](CC(C)C)NC(=O)[C@@H]1CCCN1C(=O)CCOCCOC)C(=O)N[C@@H](CO)C(=O)N[C@H](C(N)=O)C(C)OP(=O)(O)O. The lowest BCUT2D eigenvalue weighted by molar-refractivity contribution is -0.140. The minimum Gasteiger partial charge on any atom is -0.394 e.